The van der Waals surface area contributed by atoms with Crippen molar-refractivity contribution in [1.29, 1.82) is 0 Å². The molecule has 0 aliphatic heterocycles. The second-order valence-corrected chi connectivity index (χ2v) is 13.4. The van der Waals surface area contributed by atoms with Gasteiger partial charge in [-0.15, -0.1) is 0 Å². The molecule has 11 aromatic rings. The number of benzene rings is 10. The van der Waals surface area contributed by atoms with Crippen molar-refractivity contribution in [2.75, 3.05) is 0 Å². The summed E-state index contributed by atoms with van der Waals surface area (Å²) < 4.78 is 0. The van der Waals surface area contributed by atoms with Gasteiger partial charge in [0.2, 0.25) is 0 Å². The summed E-state index contributed by atoms with van der Waals surface area (Å²) in [5, 5.41) is 20.3. The molecule has 0 unspecified atom stereocenters. The van der Waals surface area contributed by atoms with Gasteiger partial charge in [0, 0.05) is 11.1 Å². The molecule has 0 aliphatic rings. The summed E-state index contributed by atoms with van der Waals surface area (Å²) in [6.45, 7) is 0. The first-order chi connectivity index (χ1) is 24.8. The molecule has 50 heavy (non-hydrogen) atoms. The van der Waals surface area contributed by atoms with E-state index in [1.54, 1.807) is 0 Å². The predicted octanol–water partition coefficient (Wildman–Crippen LogP) is 13.6. The molecule has 0 atom stereocenters. The third-order valence-electron chi connectivity index (χ3n) is 10.8. The Hall–Kier alpha value is -6.57. The van der Waals surface area contributed by atoms with Gasteiger partial charge < -0.3 is 0 Å². The highest BCUT2D eigenvalue weighted by molar-refractivity contribution is 6.34. The lowest BCUT2D eigenvalue weighted by Crippen LogP contribution is -1.93. The van der Waals surface area contributed by atoms with Crippen LogP contribution in [0.15, 0.2) is 176 Å². The number of aromatic nitrogens is 1. The zero-order valence-corrected chi connectivity index (χ0v) is 27.2. The summed E-state index contributed by atoms with van der Waals surface area (Å²) in [5.74, 6) is 0. The van der Waals surface area contributed by atoms with Crippen LogP contribution in [0.3, 0.4) is 0 Å². The topological polar surface area (TPSA) is 12.9 Å². The fourth-order valence-electron chi connectivity index (χ4n) is 8.69. The highest BCUT2D eigenvalue weighted by Gasteiger charge is 2.18. The molecule has 0 spiro atoms. The van der Waals surface area contributed by atoms with Gasteiger partial charge in [0.25, 0.3) is 0 Å². The van der Waals surface area contributed by atoms with Crippen LogP contribution in [0.5, 0.6) is 0 Å². The number of hydrogen-bond donors (Lipinski definition) is 0. The average Bonchev–Trinajstić information content (AvgIpc) is 3.20. The molecule has 0 radical (unpaired) electrons. The van der Waals surface area contributed by atoms with E-state index in [9.17, 15) is 0 Å². The van der Waals surface area contributed by atoms with Crippen LogP contribution < -0.4 is 0 Å². The summed E-state index contributed by atoms with van der Waals surface area (Å²) in [7, 11) is 0. The fourth-order valence-corrected chi connectivity index (χ4v) is 8.69. The normalized spacial score (nSPS) is 12.0. The summed E-state index contributed by atoms with van der Waals surface area (Å²) in [6.07, 6.45) is 0. The van der Waals surface area contributed by atoms with Crippen molar-refractivity contribution in [3.05, 3.63) is 176 Å². The Morgan fingerprint density at radius 1 is 0.220 bits per heavy atom. The van der Waals surface area contributed by atoms with Crippen LogP contribution in [0.1, 0.15) is 0 Å². The highest BCUT2D eigenvalue weighted by atomic mass is 14.7. The zero-order chi connectivity index (χ0) is 32.8. The van der Waals surface area contributed by atoms with Crippen LogP contribution in [0, 0.1) is 0 Å². The number of pyridine rings is 1. The lowest BCUT2D eigenvalue weighted by molar-refractivity contribution is 1.34. The molecule has 0 aliphatic carbocycles. The van der Waals surface area contributed by atoms with E-state index in [4.69, 9.17) is 4.98 Å². The van der Waals surface area contributed by atoms with Crippen LogP contribution in [-0.2, 0) is 0 Å². The molecule has 1 heterocycles. The van der Waals surface area contributed by atoms with Gasteiger partial charge in [0.1, 0.15) is 0 Å². The van der Waals surface area contributed by atoms with Crippen LogP contribution in [0.25, 0.3) is 109 Å². The third kappa shape index (κ3) is 3.80. The van der Waals surface area contributed by atoms with Gasteiger partial charge in [-0.05, 0) is 110 Å². The fraction of sp³-hybridized carbons (Fsp3) is 0. The van der Waals surface area contributed by atoms with Gasteiger partial charge in [0.15, 0.2) is 0 Å². The average molecular weight is 632 g/mol. The van der Waals surface area contributed by atoms with Crippen molar-refractivity contribution in [3.63, 3.8) is 0 Å². The Balaban J connectivity index is 1.23. The van der Waals surface area contributed by atoms with E-state index in [1.807, 2.05) is 0 Å². The SMILES string of the molecule is c1cc(-c2cc3c4ccccc4c4ccccc4c3c3ccccc23)nc(-c2cc3c4ccccc4c4ccccc4c3c3ccccc23)c1. The lowest BCUT2D eigenvalue weighted by Gasteiger charge is -2.17. The van der Waals surface area contributed by atoms with E-state index in [2.05, 4.69) is 176 Å². The first kappa shape index (κ1) is 27.4. The summed E-state index contributed by atoms with van der Waals surface area (Å²) >= 11 is 0. The van der Waals surface area contributed by atoms with Crippen molar-refractivity contribution < 1.29 is 0 Å². The summed E-state index contributed by atoms with van der Waals surface area (Å²) in [6, 6.07) is 64.3. The first-order valence-corrected chi connectivity index (χ1v) is 17.3. The largest absolute Gasteiger partial charge is 0.248 e. The molecular weight excluding hydrogens is 603 g/mol. The van der Waals surface area contributed by atoms with Crippen LogP contribution in [0.4, 0.5) is 0 Å². The Labute approximate surface area is 288 Å². The molecule has 1 aromatic heterocycles. The molecule has 11 rings (SSSR count). The molecule has 1 nitrogen and oxygen atoms in total. The standard InChI is InChI=1S/C49H29N/c1-3-18-34-30(14-1)32-16-5-9-22-38(32)48-40-24-11-7-20-36(40)42(28-44(34)48)46-26-13-27-47(50-46)43-29-45-35-19-4-2-15-31(35)33-17-6-10-23-39(33)49(45)41-25-12-8-21-37(41)43/h1-29H. The van der Waals surface area contributed by atoms with Gasteiger partial charge in [-0.2, -0.15) is 0 Å². The van der Waals surface area contributed by atoms with Gasteiger partial charge in [-0.1, -0.05) is 152 Å². The smallest absolute Gasteiger partial charge is 0.0715 e. The summed E-state index contributed by atoms with van der Waals surface area (Å²) in [4.78, 5) is 5.51. The van der Waals surface area contributed by atoms with Crippen molar-refractivity contribution >= 4 is 86.2 Å². The first-order valence-electron chi connectivity index (χ1n) is 17.3. The van der Waals surface area contributed by atoms with Crippen LogP contribution in [-0.4, -0.2) is 4.98 Å². The van der Waals surface area contributed by atoms with Gasteiger partial charge in [0.05, 0.1) is 11.4 Å². The maximum absolute atomic E-state index is 5.51. The van der Waals surface area contributed by atoms with Crippen LogP contribution in [0.2, 0.25) is 0 Å². The number of rotatable bonds is 2. The summed E-state index contributed by atoms with van der Waals surface area (Å²) in [5.41, 5.74) is 4.25. The number of nitrogens with zero attached hydrogens (tertiary/aromatic N) is 1. The maximum Gasteiger partial charge on any atom is 0.0715 e. The number of hydrogen-bond acceptors (Lipinski definition) is 1. The van der Waals surface area contributed by atoms with Gasteiger partial charge >= 0.3 is 0 Å². The molecule has 230 valence electrons. The third-order valence-corrected chi connectivity index (χ3v) is 10.8. The van der Waals surface area contributed by atoms with E-state index in [-0.39, 0.29) is 0 Å². The molecule has 0 saturated carbocycles. The van der Waals surface area contributed by atoms with Crippen LogP contribution >= 0.6 is 0 Å². The van der Waals surface area contributed by atoms with E-state index < -0.39 is 0 Å². The zero-order valence-electron chi connectivity index (χ0n) is 27.2. The predicted molar refractivity (Wildman–Crippen MR) is 215 cm³/mol. The molecule has 0 amide bonds. The molecule has 10 aromatic carbocycles. The monoisotopic (exact) mass is 631 g/mol. The highest BCUT2D eigenvalue weighted by Crippen LogP contribution is 2.45. The van der Waals surface area contributed by atoms with Crippen molar-refractivity contribution in [3.8, 4) is 22.5 Å². The minimum absolute atomic E-state index is 0.977. The van der Waals surface area contributed by atoms with E-state index in [1.165, 1.54) is 86.2 Å². The molecule has 0 bridgehead atoms. The van der Waals surface area contributed by atoms with E-state index in [0.717, 1.165) is 22.5 Å². The molecule has 0 N–H and O–H groups in total. The van der Waals surface area contributed by atoms with Crippen molar-refractivity contribution in [2.45, 2.75) is 0 Å². The van der Waals surface area contributed by atoms with Crippen molar-refractivity contribution in [2.24, 2.45) is 0 Å². The lowest BCUT2D eigenvalue weighted by atomic mass is 9.88. The van der Waals surface area contributed by atoms with Gasteiger partial charge in [-0.3, -0.25) is 0 Å². The molecular formula is C49H29N. The molecule has 0 saturated heterocycles. The Kier molecular flexibility index (Phi) is 5.73. The Bertz CT molecular complexity index is 2990. The quantitative estimate of drug-likeness (QED) is 0.173. The minimum Gasteiger partial charge on any atom is -0.248 e. The van der Waals surface area contributed by atoms with E-state index in [0.29, 0.717) is 0 Å². The Morgan fingerprint density at radius 2 is 0.480 bits per heavy atom. The van der Waals surface area contributed by atoms with E-state index >= 15 is 0 Å². The minimum atomic E-state index is 0.977. The van der Waals surface area contributed by atoms with Gasteiger partial charge in [-0.25, -0.2) is 4.98 Å². The van der Waals surface area contributed by atoms with Crippen molar-refractivity contribution in [1.82, 2.24) is 4.98 Å². The maximum atomic E-state index is 5.51. The molecule has 1 heteroatoms. The second-order valence-electron chi connectivity index (χ2n) is 13.4. The number of fused-ring (bicyclic) bond motifs is 16. The Morgan fingerprint density at radius 3 is 0.840 bits per heavy atom. The molecule has 0 fully saturated rings. The second kappa shape index (κ2) is 10.5.